The van der Waals surface area contributed by atoms with Crippen LogP contribution in [-0.4, -0.2) is 64.4 Å². The van der Waals surface area contributed by atoms with Gasteiger partial charge in [0.1, 0.15) is 17.5 Å². The number of halogens is 3. The Hall–Kier alpha value is -4.73. The first kappa shape index (κ1) is 31.8. The molecule has 3 N–H and O–H groups in total. The molecule has 0 radical (unpaired) electrons. The third-order valence-corrected chi connectivity index (χ3v) is 10.6. The number of alkyl halides is 3. The Morgan fingerprint density at radius 2 is 1.81 bits per heavy atom. The van der Waals surface area contributed by atoms with Crippen LogP contribution in [0.25, 0.3) is 6.08 Å². The van der Waals surface area contributed by atoms with E-state index in [9.17, 15) is 33.4 Å². The monoisotopic (exact) mass is 660 g/mol. The molecule has 4 aliphatic rings. The van der Waals surface area contributed by atoms with Gasteiger partial charge < -0.3 is 25.0 Å². The number of nitrogens with zero attached hydrogens (tertiary/aromatic N) is 3. The van der Waals surface area contributed by atoms with E-state index in [1.54, 1.807) is 6.92 Å². The number of hydrogen-bond donors (Lipinski definition) is 3. The van der Waals surface area contributed by atoms with Gasteiger partial charge >= 0.3 is 6.18 Å². The number of ether oxygens (including phenoxy) is 2. The van der Waals surface area contributed by atoms with Crippen molar-refractivity contribution in [2.45, 2.75) is 70.0 Å². The molecule has 5 atom stereocenters. The van der Waals surface area contributed by atoms with Gasteiger partial charge in [0.25, 0.3) is 0 Å². The van der Waals surface area contributed by atoms with Crippen LogP contribution in [0.15, 0.2) is 36.4 Å². The predicted molar refractivity (Wildman–Crippen MR) is 170 cm³/mol. The molecule has 250 valence electrons. The van der Waals surface area contributed by atoms with Crippen LogP contribution in [0.1, 0.15) is 62.2 Å². The summed E-state index contributed by atoms with van der Waals surface area (Å²) in [6.07, 6.45) is -1.16. The fourth-order valence-corrected chi connectivity index (χ4v) is 8.15. The lowest BCUT2D eigenvalue weighted by atomic mass is 9.71. The zero-order valence-electron chi connectivity index (χ0n) is 26.9. The molecule has 0 aliphatic carbocycles. The quantitative estimate of drug-likeness (QED) is 0.320. The highest BCUT2D eigenvalue weighted by Gasteiger charge is 2.56. The number of likely N-dealkylation sites (N-methyl/N-ethyl adjacent to an activating group) is 1. The molecule has 2 unspecified atom stereocenters. The number of carbonyl (C=O) groups excluding carboxylic acids is 1. The van der Waals surface area contributed by atoms with E-state index in [-0.39, 0.29) is 48.5 Å². The van der Waals surface area contributed by atoms with Gasteiger partial charge in [0.2, 0.25) is 12.7 Å². The van der Waals surface area contributed by atoms with Gasteiger partial charge in [0.05, 0.1) is 23.7 Å². The number of nitrogens with one attached hydrogen (secondary N) is 1. The topological polar surface area (TPSA) is 118 Å². The van der Waals surface area contributed by atoms with E-state index >= 15 is 0 Å². The number of aryl methyl sites for hydroxylation is 1. The molecule has 9 nitrogen and oxygen atoms in total. The van der Waals surface area contributed by atoms with E-state index in [2.05, 4.69) is 27.3 Å². The number of phenolic OH excluding ortho intramolecular Hbond substituents is 2. The summed E-state index contributed by atoms with van der Waals surface area (Å²) < 4.78 is 51.4. The summed E-state index contributed by atoms with van der Waals surface area (Å²) in [7, 11) is 1.96. The lowest BCUT2D eigenvalue weighted by molar-refractivity contribution is -0.137. The first-order valence-corrected chi connectivity index (χ1v) is 15.8. The van der Waals surface area contributed by atoms with E-state index in [0.717, 1.165) is 34.4 Å². The van der Waals surface area contributed by atoms with Crippen molar-refractivity contribution in [3.8, 4) is 29.1 Å². The summed E-state index contributed by atoms with van der Waals surface area (Å²) in [4.78, 5) is 17.4. The predicted octanol–water partition coefficient (Wildman–Crippen LogP) is 5.37. The molecule has 4 heterocycles. The summed E-state index contributed by atoms with van der Waals surface area (Å²) >= 11 is 0. The number of rotatable bonds is 4. The maximum absolute atomic E-state index is 13.2. The fraction of sp³-hybridized carbons (Fsp3) is 0.389. The minimum atomic E-state index is -4.51. The van der Waals surface area contributed by atoms with Crippen LogP contribution in [0.3, 0.4) is 0 Å². The van der Waals surface area contributed by atoms with Crippen molar-refractivity contribution in [1.82, 2.24) is 15.1 Å². The Bertz CT molecular complexity index is 1920. The third-order valence-electron chi connectivity index (χ3n) is 10.6. The summed E-state index contributed by atoms with van der Waals surface area (Å²) in [5.41, 5.74) is 4.71. The second kappa shape index (κ2) is 11.5. The highest BCUT2D eigenvalue weighted by molar-refractivity contribution is 5.91. The number of carbonyl (C=O) groups is 1. The van der Waals surface area contributed by atoms with Crippen LogP contribution >= 0.6 is 0 Å². The molecule has 48 heavy (non-hydrogen) atoms. The van der Waals surface area contributed by atoms with Crippen molar-refractivity contribution in [2.75, 3.05) is 20.4 Å². The number of hydrogen-bond acceptors (Lipinski definition) is 8. The van der Waals surface area contributed by atoms with Gasteiger partial charge in [-0.15, -0.1) is 0 Å². The summed E-state index contributed by atoms with van der Waals surface area (Å²) in [6.45, 7) is 5.54. The Kier molecular flexibility index (Phi) is 7.60. The molecule has 0 aromatic heterocycles. The van der Waals surface area contributed by atoms with Crippen LogP contribution in [0.4, 0.5) is 13.2 Å². The number of benzene rings is 3. The van der Waals surface area contributed by atoms with Crippen LogP contribution in [0, 0.1) is 32.1 Å². The molecule has 1 saturated heterocycles. The first-order valence-electron chi connectivity index (χ1n) is 15.8. The minimum Gasteiger partial charge on any atom is -0.507 e. The standard InChI is InChI=1S/C36H35F3N4O5/c1-17-10-21-12-24-26(14-40)43-25(31(42(24)4)29(21)33(46)18(17)2)13-23-30(35-34(47-16-48-35)19(3)32(23)45)27(43)15-41-28(44)9-8-20-6-5-7-22(11-20)36(37,38)39/h5-11,24-27,31,45-46H,12-13,15-16H2,1-4H3,(H,41,44)/b9-8+/t24-,25?,26+,27+,31?/m1/s1. The molecule has 1 amide bonds. The molecular formula is C36H35F3N4O5. The van der Waals surface area contributed by atoms with Gasteiger partial charge in [-0.2, -0.15) is 18.4 Å². The van der Waals surface area contributed by atoms with Crippen LogP contribution in [0.2, 0.25) is 0 Å². The SMILES string of the molecule is Cc1cc2c(c(O)c1C)C1C3Cc4c(O)c(C)c5c(c4[C@H](CNC(=O)/C=C/c4cccc(C(F)(F)F)c4)N3[C@@H](C#N)[C@@H](C2)N1C)OCO5. The van der Waals surface area contributed by atoms with Crippen molar-refractivity contribution in [2.24, 2.45) is 0 Å². The minimum absolute atomic E-state index is 0.000659. The molecule has 3 aromatic rings. The molecule has 4 aliphatic heterocycles. The third kappa shape index (κ3) is 4.87. The van der Waals surface area contributed by atoms with Gasteiger partial charge in [-0.25, -0.2) is 0 Å². The molecule has 1 fully saturated rings. The Morgan fingerprint density at radius 3 is 2.54 bits per heavy atom. The van der Waals surface area contributed by atoms with Gasteiger partial charge in [-0.3, -0.25) is 14.6 Å². The Morgan fingerprint density at radius 1 is 1.06 bits per heavy atom. The maximum Gasteiger partial charge on any atom is 0.416 e. The van der Waals surface area contributed by atoms with E-state index in [1.807, 2.05) is 20.9 Å². The lowest BCUT2D eigenvalue weighted by Crippen LogP contribution is -2.68. The van der Waals surface area contributed by atoms with Gasteiger partial charge in [-0.1, -0.05) is 18.2 Å². The number of amides is 1. The number of phenols is 2. The molecule has 0 saturated carbocycles. The number of aromatic hydroxyl groups is 2. The lowest BCUT2D eigenvalue weighted by Gasteiger charge is -2.60. The average Bonchev–Trinajstić information content (AvgIpc) is 3.54. The maximum atomic E-state index is 13.2. The van der Waals surface area contributed by atoms with Gasteiger partial charge in [0.15, 0.2) is 11.5 Å². The number of nitriles is 1. The van der Waals surface area contributed by atoms with E-state index in [1.165, 1.54) is 24.3 Å². The largest absolute Gasteiger partial charge is 0.507 e. The van der Waals surface area contributed by atoms with Crippen LogP contribution in [0.5, 0.6) is 23.0 Å². The van der Waals surface area contributed by atoms with Crippen molar-refractivity contribution in [3.05, 3.63) is 86.5 Å². The Labute approximate surface area is 275 Å². The van der Waals surface area contributed by atoms with Crippen molar-refractivity contribution in [3.63, 3.8) is 0 Å². The van der Waals surface area contributed by atoms with E-state index < -0.39 is 29.7 Å². The highest BCUT2D eigenvalue weighted by atomic mass is 19.4. The van der Waals surface area contributed by atoms with Crippen LogP contribution < -0.4 is 14.8 Å². The molecule has 3 aromatic carbocycles. The molecule has 0 spiro atoms. The van der Waals surface area contributed by atoms with Crippen molar-refractivity contribution in [1.29, 1.82) is 5.26 Å². The van der Waals surface area contributed by atoms with Crippen molar-refractivity contribution < 1.29 is 37.7 Å². The fourth-order valence-electron chi connectivity index (χ4n) is 8.15. The van der Waals surface area contributed by atoms with Crippen molar-refractivity contribution >= 4 is 12.0 Å². The Balaban J connectivity index is 1.30. The number of piperazine rings is 1. The first-order chi connectivity index (χ1) is 22.8. The van der Waals surface area contributed by atoms with Gasteiger partial charge in [-0.05, 0) is 81.1 Å². The smallest absolute Gasteiger partial charge is 0.416 e. The summed E-state index contributed by atoms with van der Waals surface area (Å²) in [6, 6.07) is 7.07. The highest BCUT2D eigenvalue weighted by Crippen LogP contribution is 2.57. The van der Waals surface area contributed by atoms with Gasteiger partial charge in [0, 0.05) is 47.0 Å². The zero-order chi connectivity index (χ0) is 34.2. The van der Waals surface area contributed by atoms with E-state index in [4.69, 9.17) is 9.47 Å². The second-order valence-corrected chi connectivity index (χ2v) is 13.1. The summed E-state index contributed by atoms with van der Waals surface area (Å²) in [5, 5.41) is 36.7. The second-order valence-electron chi connectivity index (χ2n) is 13.1. The number of fused-ring (bicyclic) bond motifs is 9. The zero-order valence-corrected chi connectivity index (χ0v) is 26.9. The normalized spacial score (nSPS) is 24.5. The average molecular weight is 661 g/mol. The molecule has 2 bridgehead atoms. The summed E-state index contributed by atoms with van der Waals surface area (Å²) in [5.74, 6) is 0.582. The molecule has 7 rings (SSSR count). The van der Waals surface area contributed by atoms with E-state index in [0.29, 0.717) is 41.0 Å². The molecule has 12 heteroatoms. The molecular weight excluding hydrogens is 625 g/mol. The van der Waals surface area contributed by atoms with Crippen LogP contribution in [-0.2, 0) is 23.8 Å².